The van der Waals surface area contributed by atoms with Gasteiger partial charge in [-0.1, -0.05) is 17.7 Å². The lowest BCUT2D eigenvalue weighted by atomic mass is 10.2. The number of fused-ring (bicyclic) bond motifs is 1. The third kappa shape index (κ3) is 2.72. The minimum absolute atomic E-state index is 0.00442. The minimum atomic E-state index is -3.51. The van der Waals surface area contributed by atoms with Crippen LogP contribution in [0.4, 0.5) is 0 Å². The predicted octanol–water partition coefficient (Wildman–Crippen LogP) is 2.84. The molecular weight excluding hydrogens is 286 g/mol. The molecule has 1 aromatic carbocycles. The molecule has 0 radical (unpaired) electrons. The number of aryl methyl sites for hydroxylation is 1. The van der Waals surface area contributed by atoms with Gasteiger partial charge in [0.1, 0.15) is 0 Å². The van der Waals surface area contributed by atoms with E-state index in [-0.39, 0.29) is 18.2 Å². The Hall–Kier alpha value is -1.33. The largest absolute Gasteiger partial charge is 0.369 e. The number of hydrogen-bond donors (Lipinski definition) is 0. The van der Waals surface area contributed by atoms with E-state index in [2.05, 4.69) is 0 Å². The summed E-state index contributed by atoms with van der Waals surface area (Å²) in [4.78, 5) is 0.345. The zero-order valence-electron chi connectivity index (χ0n) is 12.4. The number of ether oxygens (including phenoxy) is 1. The van der Waals surface area contributed by atoms with Gasteiger partial charge in [0.2, 0.25) is 0 Å². The van der Waals surface area contributed by atoms with E-state index in [0.717, 1.165) is 24.8 Å². The Labute approximate surface area is 126 Å². The van der Waals surface area contributed by atoms with Crippen molar-refractivity contribution in [2.24, 2.45) is 0 Å². The summed E-state index contributed by atoms with van der Waals surface area (Å²) in [6.45, 7) is 3.90. The van der Waals surface area contributed by atoms with Gasteiger partial charge in [0.15, 0.2) is 0 Å². The molecule has 3 unspecified atom stereocenters. The van der Waals surface area contributed by atoms with Crippen molar-refractivity contribution in [3.8, 4) is 0 Å². The molecule has 3 rings (SSSR count). The molecule has 1 heterocycles. The van der Waals surface area contributed by atoms with Crippen LogP contribution in [0.15, 0.2) is 41.4 Å². The van der Waals surface area contributed by atoms with Crippen LogP contribution in [-0.2, 0) is 14.8 Å². The van der Waals surface area contributed by atoms with E-state index in [1.165, 1.54) is 4.31 Å². The van der Waals surface area contributed by atoms with Crippen molar-refractivity contribution in [2.75, 3.05) is 0 Å². The summed E-state index contributed by atoms with van der Waals surface area (Å²) >= 11 is 0. The highest BCUT2D eigenvalue weighted by Gasteiger charge is 2.39. The molecule has 1 fully saturated rings. The van der Waals surface area contributed by atoms with Crippen molar-refractivity contribution in [1.82, 2.24) is 4.31 Å². The Kier molecular flexibility index (Phi) is 3.80. The molecule has 1 aliphatic heterocycles. The second-order valence-electron chi connectivity index (χ2n) is 5.87. The number of hydrogen-bond acceptors (Lipinski definition) is 3. The molecular formula is C16H21NO3S. The summed E-state index contributed by atoms with van der Waals surface area (Å²) in [5.74, 6) is 0. The maximum Gasteiger partial charge on any atom is 0.264 e. The third-order valence-electron chi connectivity index (χ3n) is 4.23. The first-order valence-corrected chi connectivity index (χ1v) is 8.86. The first-order valence-electron chi connectivity index (χ1n) is 7.42. The molecule has 0 bridgehead atoms. The van der Waals surface area contributed by atoms with Crippen LogP contribution < -0.4 is 0 Å². The molecule has 0 saturated heterocycles. The molecule has 5 heteroatoms. The maximum absolute atomic E-state index is 12.9. The van der Waals surface area contributed by atoms with Crippen LogP contribution in [0, 0.1) is 6.92 Å². The molecule has 0 N–H and O–H groups in total. The zero-order valence-corrected chi connectivity index (χ0v) is 13.2. The molecule has 0 aromatic heterocycles. The standard InChI is InChI=1S/C16H21NO3S/c1-12-6-8-14(9-7-12)21(18,19)17-11-10-13(2)20-16-5-3-4-15(16)17/h6-11,13,15-16H,3-5H2,1-2H3. The minimum Gasteiger partial charge on any atom is -0.369 e. The average Bonchev–Trinajstić information content (AvgIpc) is 2.81. The van der Waals surface area contributed by atoms with Crippen LogP contribution in [0.3, 0.4) is 0 Å². The van der Waals surface area contributed by atoms with Gasteiger partial charge in [-0.2, -0.15) is 0 Å². The van der Waals surface area contributed by atoms with Gasteiger partial charge < -0.3 is 4.74 Å². The number of rotatable bonds is 2. The van der Waals surface area contributed by atoms with E-state index < -0.39 is 10.0 Å². The van der Waals surface area contributed by atoms with Gasteiger partial charge in [0.05, 0.1) is 23.1 Å². The van der Waals surface area contributed by atoms with Crippen molar-refractivity contribution in [1.29, 1.82) is 0 Å². The highest BCUT2D eigenvalue weighted by molar-refractivity contribution is 7.89. The van der Waals surface area contributed by atoms with Crippen LogP contribution in [-0.4, -0.2) is 31.0 Å². The van der Waals surface area contributed by atoms with E-state index in [1.807, 2.05) is 32.1 Å². The van der Waals surface area contributed by atoms with Crippen LogP contribution >= 0.6 is 0 Å². The summed E-state index contributed by atoms with van der Waals surface area (Å²) in [6.07, 6.45) is 6.25. The van der Waals surface area contributed by atoms with E-state index in [9.17, 15) is 8.42 Å². The molecule has 1 aliphatic carbocycles. The number of benzene rings is 1. The summed E-state index contributed by atoms with van der Waals surface area (Å²) in [5, 5.41) is 0. The first kappa shape index (κ1) is 14.6. The predicted molar refractivity (Wildman–Crippen MR) is 81.3 cm³/mol. The normalized spacial score (nSPS) is 29.2. The Bertz CT molecular complexity index is 636. The Balaban J connectivity index is 1.99. The SMILES string of the molecule is Cc1ccc(S(=O)(=O)N2C=CC(C)OC3CCCC32)cc1. The monoisotopic (exact) mass is 307 g/mol. The van der Waals surface area contributed by atoms with E-state index in [1.54, 1.807) is 18.3 Å². The van der Waals surface area contributed by atoms with Crippen LogP contribution in [0.5, 0.6) is 0 Å². The van der Waals surface area contributed by atoms with Gasteiger partial charge in [-0.25, -0.2) is 8.42 Å². The molecule has 2 aliphatic rings. The second-order valence-corrected chi connectivity index (χ2v) is 7.71. The summed E-state index contributed by atoms with van der Waals surface area (Å²) < 4.78 is 33.3. The maximum atomic E-state index is 12.9. The Morgan fingerprint density at radius 3 is 2.62 bits per heavy atom. The summed E-state index contributed by atoms with van der Waals surface area (Å²) in [6, 6.07) is 6.94. The van der Waals surface area contributed by atoms with Gasteiger partial charge in [0, 0.05) is 6.20 Å². The lowest BCUT2D eigenvalue weighted by molar-refractivity contribution is 0.00977. The zero-order chi connectivity index (χ0) is 15.0. The van der Waals surface area contributed by atoms with E-state index >= 15 is 0 Å². The molecule has 3 atom stereocenters. The van der Waals surface area contributed by atoms with Crippen LogP contribution in [0.1, 0.15) is 31.7 Å². The molecule has 1 aromatic rings. The number of nitrogens with zero attached hydrogens (tertiary/aromatic N) is 1. The van der Waals surface area contributed by atoms with Gasteiger partial charge in [-0.15, -0.1) is 0 Å². The van der Waals surface area contributed by atoms with Crippen molar-refractivity contribution in [3.63, 3.8) is 0 Å². The topological polar surface area (TPSA) is 46.6 Å². The fourth-order valence-corrected chi connectivity index (χ4v) is 4.64. The molecule has 4 nitrogen and oxygen atoms in total. The summed E-state index contributed by atoms with van der Waals surface area (Å²) in [5.41, 5.74) is 1.05. The smallest absolute Gasteiger partial charge is 0.264 e. The quantitative estimate of drug-likeness (QED) is 0.844. The highest BCUT2D eigenvalue weighted by atomic mass is 32.2. The van der Waals surface area contributed by atoms with E-state index in [0.29, 0.717) is 4.90 Å². The molecule has 0 spiro atoms. The fourth-order valence-electron chi connectivity index (χ4n) is 3.08. The van der Waals surface area contributed by atoms with Crippen molar-refractivity contribution in [2.45, 2.75) is 56.3 Å². The molecule has 0 amide bonds. The molecule has 114 valence electrons. The lowest BCUT2D eigenvalue weighted by Crippen LogP contribution is -2.41. The average molecular weight is 307 g/mol. The van der Waals surface area contributed by atoms with Crippen molar-refractivity contribution < 1.29 is 13.2 Å². The highest BCUT2D eigenvalue weighted by Crippen LogP contribution is 2.33. The van der Waals surface area contributed by atoms with Gasteiger partial charge in [-0.3, -0.25) is 4.31 Å². The fraction of sp³-hybridized carbons (Fsp3) is 0.500. The third-order valence-corrected chi connectivity index (χ3v) is 6.05. The Morgan fingerprint density at radius 2 is 1.90 bits per heavy atom. The van der Waals surface area contributed by atoms with Crippen LogP contribution in [0.2, 0.25) is 0 Å². The molecule has 1 saturated carbocycles. The Morgan fingerprint density at radius 1 is 1.19 bits per heavy atom. The lowest BCUT2D eigenvalue weighted by Gasteiger charge is -2.29. The van der Waals surface area contributed by atoms with Crippen LogP contribution in [0.25, 0.3) is 0 Å². The van der Waals surface area contributed by atoms with Gasteiger partial charge in [0.25, 0.3) is 10.0 Å². The van der Waals surface area contributed by atoms with Gasteiger partial charge in [-0.05, 0) is 51.3 Å². The first-order chi connectivity index (χ1) is 9.98. The van der Waals surface area contributed by atoms with Crippen molar-refractivity contribution in [3.05, 3.63) is 42.1 Å². The van der Waals surface area contributed by atoms with Crippen molar-refractivity contribution >= 4 is 10.0 Å². The second kappa shape index (κ2) is 5.46. The van der Waals surface area contributed by atoms with E-state index in [4.69, 9.17) is 4.74 Å². The van der Waals surface area contributed by atoms with Gasteiger partial charge >= 0.3 is 0 Å². The number of sulfonamides is 1. The molecule has 21 heavy (non-hydrogen) atoms. The summed E-state index contributed by atoms with van der Waals surface area (Å²) in [7, 11) is -3.51.